The molecule has 2 aromatic rings. The first-order valence-corrected chi connectivity index (χ1v) is 7.34. The molecule has 92 valence electrons. The molecule has 0 fully saturated rings. The third kappa shape index (κ3) is 3.34. The van der Waals surface area contributed by atoms with Crippen LogP contribution in [0.15, 0.2) is 34.4 Å². The van der Waals surface area contributed by atoms with Gasteiger partial charge < -0.3 is 4.57 Å². The fourth-order valence-electron chi connectivity index (χ4n) is 1.37. The summed E-state index contributed by atoms with van der Waals surface area (Å²) in [6, 6.07) is 2.16. The van der Waals surface area contributed by atoms with Crippen LogP contribution in [-0.4, -0.2) is 33.9 Å². The summed E-state index contributed by atoms with van der Waals surface area (Å²) in [5.41, 5.74) is 1.34. The monoisotopic (exact) mass is 267 g/mol. The van der Waals surface area contributed by atoms with Gasteiger partial charge in [0.1, 0.15) is 0 Å². The molecule has 0 spiro atoms. The molecule has 0 N–H and O–H groups in total. The Bertz CT molecular complexity index is 448. The van der Waals surface area contributed by atoms with Crippen LogP contribution in [0.1, 0.15) is 12.5 Å². The van der Waals surface area contributed by atoms with Crippen LogP contribution in [0.4, 0.5) is 0 Å². The molecule has 3 nitrogen and oxygen atoms in total. The first-order chi connectivity index (χ1) is 8.16. The van der Waals surface area contributed by atoms with Gasteiger partial charge in [-0.3, -0.25) is 4.90 Å². The summed E-state index contributed by atoms with van der Waals surface area (Å²) in [6.45, 7) is 3.10. The van der Waals surface area contributed by atoms with Crippen LogP contribution in [0.2, 0.25) is 0 Å². The van der Waals surface area contributed by atoms with Gasteiger partial charge in [0.05, 0.1) is 11.9 Å². The molecule has 0 radical (unpaired) electrons. The highest BCUT2D eigenvalue weighted by molar-refractivity contribution is 7.99. The van der Waals surface area contributed by atoms with Gasteiger partial charge in [-0.1, -0.05) is 11.8 Å². The van der Waals surface area contributed by atoms with Crippen molar-refractivity contribution in [3.8, 4) is 0 Å². The van der Waals surface area contributed by atoms with Crippen LogP contribution < -0.4 is 0 Å². The molecule has 0 saturated heterocycles. The average molecular weight is 267 g/mol. The SMILES string of the molecule is CC(Sc1nccn1Cc1ccsc1)N(C)C. The lowest BCUT2D eigenvalue weighted by Gasteiger charge is -2.18. The zero-order valence-corrected chi connectivity index (χ0v) is 12.0. The molecule has 0 bridgehead atoms. The molecule has 0 aliphatic rings. The molecular formula is C12H17N3S2. The Labute approximate surface area is 110 Å². The molecule has 1 atom stereocenters. The van der Waals surface area contributed by atoms with E-state index in [1.54, 1.807) is 23.1 Å². The van der Waals surface area contributed by atoms with E-state index in [4.69, 9.17) is 0 Å². The van der Waals surface area contributed by atoms with Gasteiger partial charge in [-0.25, -0.2) is 4.98 Å². The standard InChI is InChI=1S/C12H17N3S2/c1-10(14(2)3)17-12-13-5-6-15(12)8-11-4-7-16-9-11/h4-7,9-10H,8H2,1-3H3. The summed E-state index contributed by atoms with van der Waals surface area (Å²) >= 11 is 3.53. The second-order valence-corrected chi connectivity index (χ2v) is 6.21. The van der Waals surface area contributed by atoms with E-state index in [1.807, 2.05) is 12.4 Å². The van der Waals surface area contributed by atoms with Crippen molar-refractivity contribution in [2.24, 2.45) is 0 Å². The van der Waals surface area contributed by atoms with Crippen molar-refractivity contribution >= 4 is 23.1 Å². The maximum Gasteiger partial charge on any atom is 0.169 e. The Balaban J connectivity index is 2.06. The van der Waals surface area contributed by atoms with Crippen LogP contribution in [0, 0.1) is 0 Å². The lowest BCUT2D eigenvalue weighted by atomic mass is 10.3. The number of aromatic nitrogens is 2. The van der Waals surface area contributed by atoms with Crippen LogP contribution in [0.25, 0.3) is 0 Å². The lowest BCUT2D eigenvalue weighted by Crippen LogP contribution is -2.21. The van der Waals surface area contributed by atoms with Crippen molar-refractivity contribution in [3.63, 3.8) is 0 Å². The molecule has 2 aromatic heterocycles. The van der Waals surface area contributed by atoms with Crippen LogP contribution in [0.3, 0.4) is 0 Å². The van der Waals surface area contributed by atoms with E-state index in [0.29, 0.717) is 5.37 Å². The fourth-order valence-corrected chi connectivity index (χ4v) is 2.93. The van der Waals surface area contributed by atoms with E-state index >= 15 is 0 Å². The van der Waals surface area contributed by atoms with E-state index in [1.165, 1.54) is 5.56 Å². The molecular weight excluding hydrogens is 250 g/mol. The van der Waals surface area contributed by atoms with Crippen molar-refractivity contribution in [1.82, 2.24) is 14.5 Å². The predicted octanol–water partition coefficient (Wildman–Crippen LogP) is 2.99. The van der Waals surface area contributed by atoms with Gasteiger partial charge in [0.15, 0.2) is 5.16 Å². The van der Waals surface area contributed by atoms with Gasteiger partial charge in [0.25, 0.3) is 0 Å². The summed E-state index contributed by atoms with van der Waals surface area (Å²) in [4.78, 5) is 6.61. The van der Waals surface area contributed by atoms with Crippen molar-refractivity contribution in [2.45, 2.75) is 24.0 Å². The second-order valence-electron chi connectivity index (χ2n) is 4.15. The number of hydrogen-bond donors (Lipinski definition) is 0. The molecule has 2 rings (SSSR count). The maximum atomic E-state index is 4.42. The number of hydrogen-bond acceptors (Lipinski definition) is 4. The van der Waals surface area contributed by atoms with Gasteiger partial charge in [-0.05, 0) is 43.4 Å². The smallest absolute Gasteiger partial charge is 0.169 e. The van der Waals surface area contributed by atoms with E-state index in [-0.39, 0.29) is 0 Å². The molecule has 0 saturated carbocycles. The summed E-state index contributed by atoms with van der Waals surface area (Å²) in [6.07, 6.45) is 3.92. The highest BCUT2D eigenvalue weighted by atomic mass is 32.2. The molecule has 1 unspecified atom stereocenters. The van der Waals surface area contributed by atoms with Gasteiger partial charge in [-0.2, -0.15) is 11.3 Å². The highest BCUT2D eigenvalue weighted by Gasteiger charge is 2.11. The first kappa shape index (κ1) is 12.7. The Hall–Kier alpha value is -0.780. The molecule has 2 heterocycles. The number of thioether (sulfide) groups is 1. The molecule has 0 aliphatic carbocycles. The number of imidazole rings is 1. The Morgan fingerprint density at radius 1 is 1.53 bits per heavy atom. The molecule has 0 aliphatic heterocycles. The predicted molar refractivity (Wildman–Crippen MR) is 74.7 cm³/mol. The van der Waals surface area contributed by atoms with E-state index < -0.39 is 0 Å². The normalized spacial score (nSPS) is 13.2. The van der Waals surface area contributed by atoms with Crippen molar-refractivity contribution in [1.29, 1.82) is 0 Å². The number of nitrogens with zero attached hydrogens (tertiary/aromatic N) is 3. The highest BCUT2D eigenvalue weighted by Crippen LogP contribution is 2.23. The van der Waals surface area contributed by atoms with E-state index in [2.05, 4.69) is 52.3 Å². The largest absolute Gasteiger partial charge is 0.322 e. The summed E-state index contributed by atoms with van der Waals surface area (Å²) < 4.78 is 2.20. The lowest BCUT2D eigenvalue weighted by molar-refractivity contribution is 0.401. The third-order valence-electron chi connectivity index (χ3n) is 2.61. The van der Waals surface area contributed by atoms with Crippen molar-refractivity contribution < 1.29 is 0 Å². The van der Waals surface area contributed by atoms with Gasteiger partial charge in [0.2, 0.25) is 0 Å². The summed E-state index contributed by atoms with van der Waals surface area (Å²) in [5, 5.41) is 5.81. The van der Waals surface area contributed by atoms with E-state index in [0.717, 1.165) is 11.7 Å². The minimum Gasteiger partial charge on any atom is -0.322 e. The fraction of sp³-hybridized carbons (Fsp3) is 0.417. The topological polar surface area (TPSA) is 21.1 Å². The molecule has 0 amide bonds. The van der Waals surface area contributed by atoms with Crippen LogP contribution >= 0.6 is 23.1 Å². The van der Waals surface area contributed by atoms with Crippen LogP contribution in [-0.2, 0) is 6.54 Å². The number of rotatable bonds is 5. The summed E-state index contributed by atoms with van der Waals surface area (Å²) in [7, 11) is 4.17. The average Bonchev–Trinajstić information content (AvgIpc) is 2.91. The molecule has 5 heteroatoms. The third-order valence-corrected chi connectivity index (χ3v) is 4.66. The zero-order valence-electron chi connectivity index (χ0n) is 10.3. The van der Waals surface area contributed by atoms with Gasteiger partial charge in [-0.15, -0.1) is 0 Å². The Kier molecular flexibility index (Phi) is 4.25. The zero-order chi connectivity index (χ0) is 12.3. The van der Waals surface area contributed by atoms with E-state index in [9.17, 15) is 0 Å². The maximum absolute atomic E-state index is 4.42. The second kappa shape index (κ2) is 5.71. The van der Waals surface area contributed by atoms with Crippen LogP contribution in [0.5, 0.6) is 0 Å². The quantitative estimate of drug-likeness (QED) is 0.614. The minimum atomic E-state index is 0.429. The molecule has 17 heavy (non-hydrogen) atoms. The van der Waals surface area contributed by atoms with Gasteiger partial charge >= 0.3 is 0 Å². The minimum absolute atomic E-state index is 0.429. The Morgan fingerprint density at radius 2 is 2.35 bits per heavy atom. The van der Waals surface area contributed by atoms with Crippen molar-refractivity contribution in [3.05, 3.63) is 34.8 Å². The van der Waals surface area contributed by atoms with Crippen molar-refractivity contribution in [2.75, 3.05) is 14.1 Å². The summed E-state index contributed by atoms with van der Waals surface area (Å²) in [5.74, 6) is 0. The first-order valence-electron chi connectivity index (χ1n) is 5.52. The Morgan fingerprint density at radius 3 is 3.00 bits per heavy atom. The number of thiophene rings is 1. The molecule has 0 aromatic carbocycles. The van der Waals surface area contributed by atoms with Gasteiger partial charge in [0, 0.05) is 12.4 Å².